The van der Waals surface area contributed by atoms with Crippen LogP contribution in [0.3, 0.4) is 0 Å². The summed E-state index contributed by atoms with van der Waals surface area (Å²) in [5.41, 5.74) is 7.35. The van der Waals surface area contributed by atoms with E-state index in [1.807, 2.05) is 18.2 Å². The summed E-state index contributed by atoms with van der Waals surface area (Å²) in [4.78, 5) is 13.1. The number of aliphatic carboxylic acids is 1. The van der Waals surface area contributed by atoms with Gasteiger partial charge in [0, 0.05) is 24.3 Å². The van der Waals surface area contributed by atoms with Crippen LogP contribution in [0.1, 0.15) is 24.4 Å². The first-order valence-corrected chi connectivity index (χ1v) is 5.52. The lowest BCUT2D eigenvalue weighted by Crippen LogP contribution is -2.26. The Kier molecular flexibility index (Phi) is 3.10. The maximum Gasteiger partial charge on any atom is 0.325 e. The molecular formula is C12H16N2O2. The van der Waals surface area contributed by atoms with Gasteiger partial charge in [0.1, 0.15) is 6.04 Å². The molecule has 1 aliphatic rings. The van der Waals surface area contributed by atoms with E-state index in [-0.39, 0.29) is 0 Å². The van der Waals surface area contributed by atoms with E-state index >= 15 is 0 Å². The number of carboxylic acid groups (broad SMARTS) is 1. The molecule has 0 spiro atoms. The quantitative estimate of drug-likeness (QED) is 0.807. The highest BCUT2D eigenvalue weighted by Gasteiger charge is 2.22. The van der Waals surface area contributed by atoms with Gasteiger partial charge in [0.15, 0.2) is 0 Å². The molecule has 1 heterocycles. The number of rotatable bonds is 3. The average Bonchev–Trinajstić information content (AvgIpc) is 2.81. The normalized spacial score (nSPS) is 17.4. The second kappa shape index (κ2) is 4.53. The van der Waals surface area contributed by atoms with E-state index in [4.69, 9.17) is 10.8 Å². The zero-order valence-electron chi connectivity index (χ0n) is 9.10. The van der Waals surface area contributed by atoms with Gasteiger partial charge in [-0.15, -0.1) is 0 Å². The number of benzene rings is 1. The maximum atomic E-state index is 10.9. The fraction of sp³-hybridized carbons (Fsp3) is 0.417. The topological polar surface area (TPSA) is 66.6 Å². The number of nitrogens with zero attached hydrogens (tertiary/aromatic N) is 1. The highest BCUT2D eigenvalue weighted by atomic mass is 16.4. The molecule has 0 amide bonds. The minimum absolute atomic E-state index is 0.705. The zero-order valence-corrected chi connectivity index (χ0v) is 9.10. The van der Waals surface area contributed by atoms with Crippen LogP contribution in [-0.2, 0) is 4.79 Å². The van der Waals surface area contributed by atoms with Gasteiger partial charge in [-0.05, 0) is 18.9 Å². The van der Waals surface area contributed by atoms with Gasteiger partial charge >= 0.3 is 5.97 Å². The van der Waals surface area contributed by atoms with Gasteiger partial charge < -0.3 is 15.7 Å². The first-order valence-electron chi connectivity index (χ1n) is 5.52. The molecule has 1 aromatic carbocycles. The number of nitrogens with two attached hydrogens (primary N) is 1. The molecule has 1 unspecified atom stereocenters. The molecule has 0 bridgehead atoms. The van der Waals surface area contributed by atoms with Gasteiger partial charge in [-0.25, -0.2) is 0 Å². The Morgan fingerprint density at radius 1 is 1.31 bits per heavy atom. The van der Waals surface area contributed by atoms with Crippen LogP contribution in [0.15, 0.2) is 24.3 Å². The minimum atomic E-state index is -0.980. The van der Waals surface area contributed by atoms with Crippen molar-refractivity contribution in [2.24, 2.45) is 5.73 Å². The molecule has 0 aliphatic carbocycles. The van der Waals surface area contributed by atoms with Gasteiger partial charge in [0.05, 0.1) is 0 Å². The van der Waals surface area contributed by atoms with Crippen molar-refractivity contribution < 1.29 is 9.90 Å². The third-order valence-electron chi connectivity index (χ3n) is 2.98. The van der Waals surface area contributed by atoms with Gasteiger partial charge in [-0.3, -0.25) is 4.79 Å². The SMILES string of the molecule is NC(C(=O)O)c1ccccc1N1CCCC1. The summed E-state index contributed by atoms with van der Waals surface area (Å²) in [7, 11) is 0. The number of carboxylic acids is 1. The molecule has 16 heavy (non-hydrogen) atoms. The number of carbonyl (C=O) groups is 1. The lowest BCUT2D eigenvalue weighted by Gasteiger charge is -2.22. The van der Waals surface area contributed by atoms with Crippen LogP contribution in [0.4, 0.5) is 5.69 Å². The van der Waals surface area contributed by atoms with Crippen molar-refractivity contribution in [1.82, 2.24) is 0 Å². The largest absolute Gasteiger partial charge is 0.480 e. The Morgan fingerprint density at radius 2 is 1.94 bits per heavy atom. The molecule has 0 aromatic heterocycles. The standard InChI is InChI=1S/C12H16N2O2/c13-11(12(15)16)9-5-1-2-6-10(9)14-7-3-4-8-14/h1-2,5-6,11H,3-4,7-8,13H2,(H,15,16). The molecule has 1 aliphatic heterocycles. The van der Waals surface area contributed by atoms with Crippen molar-refractivity contribution in [3.8, 4) is 0 Å². The van der Waals surface area contributed by atoms with E-state index < -0.39 is 12.0 Å². The molecule has 2 rings (SSSR count). The molecule has 1 aromatic rings. The van der Waals surface area contributed by atoms with Crippen molar-refractivity contribution in [1.29, 1.82) is 0 Å². The van der Waals surface area contributed by atoms with E-state index in [0.29, 0.717) is 5.56 Å². The van der Waals surface area contributed by atoms with Crippen LogP contribution in [0, 0.1) is 0 Å². The molecule has 1 fully saturated rings. The predicted molar refractivity (Wildman–Crippen MR) is 62.5 cm³/mol. The van der Waals surface area contributed by atoms with Crippen molar-refractivity contribution in [3.05, 3.63) is 29.8 Å². The lowest BCUT2D eigenvalue weighted by atomic mass is 10.0. The van der Waals surface area contributed by atoms with Gasteiger partial charge in [0.2, 0.25) is 0 Å². The van der Waals surface area contributed by atoms with Crippen LogP contribution in [0.25, 0.3) is 0 Å². The third-order valence-corrected chi connectivity index (χ3v) is 2.98. The minimum Gasteiger partial charge on any atom is -0.480 e. The lowest BCUT2D eigenvalue weighted by molar-refractivity contribution is -0.138. The van der Waals surface area contributed by atoms with E-state index in [1.165, 1.54) is 0 Å². The summed E-state index contributed by atoms with van der Waals surface area (Å²) < 4.78 is 0. The fourth-order valence-corrected chi connectivity index (χ4v) is 2.13. The summed E-state index contributed by atoms with van der Waals surface area (Å²) >= 11 is 0. The van der Waals surface area contributed by atoms with Crippen molar-refractivity contribution in [3.63, 3.8) is 0 Å². The molecule has 0 radical (unpaired) electrons. The average molecular weight is 220 g/mol. The summed E-state index contributed by atoms with van der Waals surface area (Å²) in [6.45, 7) is 1.98. The van der Waals surface area contributed by atoms with E-state index in [0.717, 1.165) is 31.6 Å². The van der Waals surface area contributed by atoms with Crippen LogP contribution in [0.2, 0.25) is 0 Å². The van der Waals surface area contributed by atoms with E-state index in [2.05, 4.69) is 4.90 Å². The summed E-state index contributed by atoms with van der Waals surface area (Å²) in [6.07, 6.45) is 2.33. The Labute approximate surface area is 94.7 Å². The zero-order chi connectivity index (χ0) is 11.5. The number of hydrogen-bond donors (Lipinski definition) is 2. The molecule has 3 N–H and O–H groups in total. The maximum absolute atomic E-state index is 10.9. The Morgan fingerprint density at radius 3 is 2.56 bits per heavy atom. The number of anilines is 1. The van der Waals surface area contributed by atoms with Crippen molar-refractivity contribution >= 4 is 11.7 Å². The van der Waals surface area contributed by atoms with E-state index in [9.17, 15) is 4.79 Å². The first kappa shape index (κ1) is 11.0. The Bertz CT molecular complexity index is 386. The number of hydrogen-bond acceptors (Lipinski definition) is 3. The Balaban J connectivity index is 2.33. The van der Waals surface area contributed by atoms with Crippen molar-refractivity contribution in [2.75, 3.05) is 18.0 Å². The third kappa shape index (κ3) is 2.02. The second-order valence-corrected chi connectivity index (χ2v) is 4.07. The Hall–Kier alpha value is -1.55. The monoisotopic (exact) mass is 220 g/mol. The van der Waals surface area contributed by atoms with Gasteiger partial charge in [-0.2, -0.15) is 0 Å². The number of para-hydroxylation sites is 1. The highest BCUT2D eigenvalue weighted by Crippen LogP contribution is 2.28. The first-order chi connectivity index (χ1) is 7.70. The second-order valence-electron chi connectivity index (χ2n) is 4.07. The van der Waals surface area contributed by atoms with Crippen LogP contribution < -0.4 is 10.6 Å². The molecule has 1 saturated heterocycles. The molecular weight excluding hydrogens is 204 g/mol. The molecule has 1 atom stereocenters. The molecule has 4 heteroatoms. The summed E-state index contributed by atoms with van der Waals surface area (Å²) in [5, 5.41) is 8.96. The fourth-order valence-electron chi connectivity index (χ4n) is 2.13. The smallest absolute Gasteiger partial charge is 0.325 e. The van der Waals surface area contributed by atoms with Gasteiger partial charge in [0.25, 0.3) is 0 Å². The van der Waals surface area contributed by atoms with Crippen LogP contribution in [0.5, 0.6) is 0 Å². The molecule has 86 valence electrons. The highest BCUT2D eigenvalue weighted by molar-refractivity contribution is 5.78. The van der Waals surface area contributed by atoms with Crippen molar-refractivity contribution in [2.45, 2.75) is 18.9 Å². The van der Waals surface area contributed by atoms with Crippen LogP contribution in [-0.4, -0.2) is 24.2 Å². The molecule has 4 nitrogen and oxygen atoms in total. The molecule has 0 saturated carbocycles. The van der Waals surface area contributed by atoms with E-state index in [1.54, 1.807) is 6.07 Å². The summed E-state index contributed by atoms with van der Waals surface area (Å²) in [5.74, 6) is -0.980. The summed E-state index contributed by atoms with van der Waals surface area (Å²) in [6, 6.07) is 6.57. The van der Waals surface area contributed by atoms with Gasteiger partial charge in [-0.1, -0.05) is 18.2 Å². The van der Waals surface area contributed by atoms with Crippen LogP contribution >= 0.6 is 0 Å². The predicted octanol–water partition coefficient (Wildman–Crippen LogP) is 1.37.